The molecule has 7 nitrogen and oxygen atoms in total. The molecule has 1 aliphatic rings. The number of aliphatic carboxylic acids is 1. The lowest BCUT2D eigenvalue weighted by Gasteiger charge is -2.19. The van der Waals surface area contributed by atoms with E-state index < -0.39 is 12.1 Å². The molecular formula is C27H32N2O5. The number of benzene rings is 2. The molecule has 0 fully saturated rings. The third-order valence-electron chi connectivity index (χ3n) is 6.05. The van der Waals surface area contributed by atoms with Crippen LogP contribution in [0.25, 0.3) is 11.1 Å². The molecule has 0 saturated heterocycles. The minimum absolute atomic E-state index is 0.0280. The molecule has 0 spiro atoms. The minimum atomic E-state index is -1.02. The van der Waals surface area contributed by atoms with E-state index in [1.807, 2.05) is 31.2 Å². The molecule has 7 heteroatoms. The van der Waals surface area contributed by atoms with Crippen molar-refractivity contribution in [2.45, 2.75) is 51.5 Å². The first kappa shape index (κ1) is 25.0. The quantitative estimate of drug-likeness (QED) is 0.421. The van der Waals surface area contributed by atoms with Gasteiger partial charge in [-0.05, 0) is 35.6 Å². The minimum Gasteiger partial charge on any atom is -0.478 e. The van der Waals surface area contributed by atoms with E-state index in [-0.39, 0.29) is 43.0 Å². The van der Waals surface area contributed by atoms with Crippen molar-refractivity contribution in [2.75, 3.05) is 13.2 Å². The molecule has 1 atom stereocenters. The molecule has 34 heavy (non-hydrogen) atoms. The number of nitrogens with one attached hydrogen (secondary N) is 2. The Hall–Kier alpha value is -3.61. The molecule has 0 heterocycles. The molecule has 0 radical (unpaired) electrons. The van der Waals surface area contributed by atoms with Crippen LogP contribution in [0, 0.1) is 0 Å². The lowest BCUT2D eigenvalue weighted by atomic mass is 9.98. The second kappa shape index (κ2) is 12.0. The van der Waals surface area contributed by atoms with E-state index in [0.29, 0.717) is 6.42 Å². The molecule has 2 aromatic carbocycles. The summed E-state index contributed by atoms with van der Waals surface area (Å²) >= 11 is 0. The molecule has 1 aliphatic carbocycles. The highest BCUT2D eigenvalue weighted by atomic mass is 16.5. The van der Waals surface area contributed by atoms with E-state index in [1.165, 1.54) is 13.0 Å². The Morgan fingerprint density at radius 2 is 1.68 bits per heavy atom. The van der Waals surface area contributed by atoms with Gasteiger partial charge in [-0.3, -0.25) is 4.79 Å². The van der Waals surface area contributed by atoms with Gasteiger partial charge >= 0.3 is 12.1 Å². The Morgan fingerprint density at radius 3 is 2.26 bits per heavy atom. The van der Waals surface area contributed by atoms with Crippen molar-refractivity contribution in [3.05, 3.63) is 71.3 Å². The highest BCUT2D eigenvalue weighted by Crippen LogP contribution is 2.44. The average Bonchev–Trinajstić information content (AvgIpc) is 3.14. The SMILES string of the molecule is CCCC[C@H](CC(=O)NC/C=C(\C)C(=O)O)NC(=O)OCC1c2ccccc2-c2ccccc21. The van der Waals surface area contributed by atoms with Gasteiger partial charge in [-0.1, -0.05) is 74.4 Å². The maximum absolute atomic E-state index is 12.6. The molecule has 180 valence electrons. The number of fused-ring (bicyclic) bond motifs is 3. The van der Waals surface area contributed by atoms with Gasteiger partial charge in [0.2, 0.25) is 5.91 Å². The van der Waals surface area contributed by atoms with Crippen LogP contribution in [0.5, 0.6) is 0 Å². The Kier molecular flexibility index (Phi) is 8.85. The van der Waals surface area contributed by atoms with Crippen molar-refractivity contribution in [3.8, 4) is 11.1 Å². The molecule has 2 aromatic rings. The normalized spacial score (nSPS) is 13.5. The van der Waals surface area contributed by atoms with Gasteiger partial charge in [0.15, 0.2) is 0 Å². The smallest absolute Gasteiger partial charge is 0.407 e. The maximum atomic E-state index is 12.6. The zero-order valence-electron chi connectivity index (χ0n) is 19.7. The second-order valence-corrected chi connectivity index (χ2v) is 8.51. The Bertz CT molecular complexity index is 1020. The zero-order chi connectivity index (χ0) is 24.5. The van der Waals surface area contributed by atoms with Crippen molar-refractivity contribution >= 4 is 18.0 Å². The van der Waals surface area contributed by atoms with E-state index in [2.05, 4.69) is 34.9 Å². The van der Waals surface area contributed by atoms with Crippen molar-refractivity contribution < 1.29 is 24.2 Å². The largest absolute Gasteiger partial charge is 0.478 e. The Labute approximate surface area is 200 Å². The summed E-state index contributed by atoms with van der Waals surface area (Å²) in [5.41, 5.74) is 4.78. The van der Waals surface area contributed by atoms with Crippen molar-refractivity contribution in [1.82, 2.24) is 10.6 Å². The monoisotopic (exact) mass is 464 g/mol. The Morgan fingerprint density at radius 1 is 1.06 bits per heavy atom. The number of carbonyl (C=O) groups excluding carboxylic acids is 2. The second-order valence-electron chi connectivity index (χ2n) is 8.51. The van der Waals surface area contributed by atoms with Crippen LogP contribution in [0.2, 0.25) is 0 Å². The fourth-order valence-electron chi connectivity index (χ4n) is 4.18. The van der Waals surface area contributed by atoms with Gasteiger partial charge in [0.05, 0.1) is 0 Å². The van der Waals surface area contributed by atoms with Crippen molar-refractivity contribution in [1.29, 1.82) is 0 Å². The van der Waals surface area contributed by atoms with Crippen LogP contribution < -0.4 is 10.6 Å². The van der Waals surface area contributed by atoms with Crippen LogP contribution in [-0.4, -0.2) is 42.3 Å². The molecule has 3 rings (SSSR count). The van der Waals surface area contributed by atoms with E-state index in [1.54, 1.807) is 0 Å². The van der Waals surface area contributed by atoms with Crippen molar-refractivity contribution in [2.24, 2.45) is 0 Å². The molecule has 0 aliphatic heterocycles. The molecule has 0 unspecified atom stereocenters. The summed E-state index contributed by atoms with van der Waals surface area (Å²) in [5.74, 6) is -1.30. The van der Waals surface area contributed by atoms with Crippen LogP contribution in [-0.2, 0) is 14.3 Å². The average molecular weight is 465 g/mol. The number of hydrogen-bond acceptors (Lipinski definition) is 4. The predicted molar refractivity (Wildman–Crippen MR) is 131 cm³/mol. The van der Waals surface area contributed by atoms with Gasteiger partial charge in [0.25, 0.3) is 0 Å². The number of carboxylic acid groups (broad SMARTS) is 1. The first-order chi connectivity index (χ1) is 16.4. The van der Waals surface area contributed by atoms with Crippen LogP contribution in [0.3, 0.4) is 0 Å². The number of hydrogen-bond donors (Lipinski definition) is 3. The third-order valence-corrected chi connectivity index (χ3v) is 6.05. The first-order valence-electron chi connectivity index (χ1n) is 11.7. The highest BCUT2D eigenvalue weighted by molar-refractivity contribution is 5.86. The molecule has 0 saturated carbocycles. The number of amides is 2. The lowest BCUT2D eigenvalue weighted by molar-refractivity contribution is -0.132. The summed E-state index contributed by atoms with van der Waals surface area (Å²) in [6, 6.07) is 15.9. The number of alkyl carbamates (subject to hydrolysis) is 1. The van der Waals surface area contributed by atoms with Crippen LogP contribution in [0.4, 0.5) is 4.79 Å². The van der Waals surface area contributed by atoms with Gasteiger partial charge in [-0.25, -0.2) is 9.59 Å². The van der Waals surface area contributed by atoms with Gasteiger partial charge in [-0.2, -0.15) is 0 Å². The zero-order valence-corrected chi connectivity index (χ0v) is 19.7. The maximum Gasteiger partial charge on any atom is 0.407 e. The summed E-state index contributed by atoms with van der Waals surface area (Å²) in [6.07, 6.45) is 3.45. The number of rotatable bonds is 11. The summed E-state index contributed by atoms with van der Waals surface area (Å²) in [5, 5.41) is 14.4. The van der Waals surface area contributed by atoms with Crippen molar-refractivity contribution in [3.63, 3.8) is 0 Å². The topological polar surface area (TPSA) is 105 Å². The molecule has 0 aromatic heterocycles. The fourth-order valence-corrected chi connectivity index (χ4v) is 4.18. The Balaban J connectivity index is 1.56. The molecular weight excluding hydrogens is 432 g/mol. The summed E-state index contributed by atoms with van der Waals surface area (Å²) < 4.78 is 5.61. The van der Waals surface area contributed by atoms with E-state index in [0.717, 1.165) is 35.1 Å². The standard InChI is InChI=1S/C27H32N2O5/c1-3-4-9-19(16-25(30)28-15-14-18(2)26(31)32)29-27(33)34-17-24-22-12-7-5-10-20(22)21-11-6-8-13-23(21)24/h5-8,10-14,19,24H,3-4,9,15-17H2,1-2H3,(H,28,30)(H,29,33)(H,31,32)/b18-14+/t19-/m1/s1. The first-order valence-corrected chi connectivity index (χ1v) is 11.7. The van der Waals surface area contributed by atoms with Crippen LogP contribution in [0.15, 0.2) is 60.2 Å². The highest BCUT2D eigenvalue weighted by Gasteiger charge is 2.29. The van der Waals surface area contributed by atoms with Gasteiger partial charge in [0.1, 0.15) is 6.61 Å². The predicted octanol–water partition coefficient (Wildman–Crippen LogP) is 4.62. The van der Waals surface area contributed by atoms with E-state index >= 15 is 0 Å². The van der Waals surface area contributed by atoms with Gasteiger partial charge < -0.3 is 20.5 Å². The summed E-state index contributed by atoms with van der Waals surface area (Å²) in [7, 11) is 0. The van der Waals surface area contributed by atoms with Crippen LogP contribution in [0.1, 0.15) is 56.6 Å². The van der Waals surface area contributed by atoms with E-state index in [9.17, 15) is 14.4 Å². The fraction of sp³-hybridized carbons (Fsp3) is 0.370. The third kappa shape index (κ3) is 6.47. The number of unbranched alkanes of at least 4 members (excludes halogenated alkanes) is 1. The summed E-state index contributed by atoms with van der Waals surface area (Å²) in [6.45, 7) is 3.86. The number of carbonyl (C=O) groups is 3. The van der Waals surface area contributed by atoms with Crippen LogP contribution >= 0.6 is 0 Å². The number of ether oxygens (including phenoxy) is 1. The van der Waals surface area contributed by atoms with E-state index in [4.69, 9.17) is 9.84 Å². The molecule has 0 bridgehead atoms. The van der Waals surface area contributed by atoms with Gasteiger partial charge in [-0.15, -0.1) is 0 Å². The number of carboxylic acids is 1. The molecule has 2 amide bonds. The molecule has 3 N–H and O–H groups in total. The summed E-state index contributed by atoms with van der Waals surface area (Å²) in [4.78, 5) is 35.8. The van der Waals surface area contributed by atoms with Gasteiger partial charge in [0, 0.05) is 30.5 Å². The lowest BCUT2D eigenvalue weighted by Crippen LogP contribution is -2.40.